The summed E-state index contributed by atoms with van der Waals surface area (Å²) in [5.41, 5.74) is 1.10. The number of benzene rings is 2. The molecule has 0 saturated carbocycles. The van der Waals surface area contributed by atoms with Crippen LogP contribution >= 0.6 is 0 Å². The van der Waals surface area contributed by atoms with Gasteiger partial charge >= 0.3 is 6.03 Å². The third-order valence-electron chi connectivity index (χ3n) is 6.13. The number of urea groups is 1. The Morgan fingerprint density at radius 1 is 1.30 bits per heavy atom. The van der Waals surface area contributed by atoms with Gasteiger partial charge in [0.15, 0.2) is 0 Å². The number of carbonyl (C=O) groups is 1. The number of halogens is 2. The normalized spacial score (nSPS) is 25.5. The molecule has 2 heterocycles. The van der Waals surface area contributed by atoms with Crippen LogP contribution in [0.3, 0.4) is 0 Å². The van der Waals surface area contributed by atoms with E-state index in [9.17, 15) is 18.7 Å². The van der Waals surface area contributed by atoms with Crippen molar-refractivity contribution in [3.8, 4) is 5.97 Å². The van der Waals surface area contributed by atoms with Crippen LogP contribution in [0, 0.1) is 17.0 Å². The lowest BCUT2D eigenvalue weighted by molar-refractivity contribution is 0.000993. The number of hydrogen-bond donors (Lipinski definition) is 2. The molecule has 2 aromatic carbocycles. The highest BCUT2D eigenvalue weighted by atomic mass is 19.1. The number of carbonyl (C=O) groups excluding carboxylic acids is 1. The molecule has 2 amide bonds. The number of rotatable bonds is 3. The van der Waals surface area contributed by atoms with Gasteiger partial charge in [-0.05, 0) is 47.9 Å². The molecule has 3 atom stereocenters. The van der Waals surface area contributed by atoms with Crippen LogP contribution in [0.15, 0.2) is 48.5 Å². The van der Waals surface area contributed by atoms with Crippen molar-refractivity contribution in [1.29, 1.82) is 5.26 Å². The number of fused-ring (bicyclic) bond motifs is 1. The highest BCUT2D eigenvalue weighted by Crippen LogP contribution is 2.36. The van der Waals surface area contributed by atoms with Crippen molar-refractivity contribution >= 4 is 12.7 Å². The van der Waals surface area contributed by atoms with Crippen molar-refractivity contribution < 1.29 is 18.7 Å². The first-order valence-electron chi connectivity index (χ1n) is 10.0. The lowest BCUT2D eigenvalue weighted by atomic mass is 9.49. The van der Waals surface area contributed by atoms with Crippen LogP contribution in [0.1, 0.15) is 22.7 Å². The van der Waals surface area contributed by atoms with Gasteiger partial charge in [-0.25, -0.2) is 18.8 Å². The summed E-state index contributed by atoms with van der Waals surface area (Å²) in [5.74, 6) is 1.63. The van der Waals surface area contributed by atoms with E-state index in [0.29, 0.717) is 13.0 Å². The van der Waals surface area contributed by atoms with Gasteiger partial charge in [0.2, 0.25) is 0 Å². The van der Waals surface area contributed by atoms with Crippen molar-refractivity contribution in [3.05, 3.63) is 71.0 Å². The van der Waals surface area contributed by atoms with Gasteiger partial charge in [-0.1, -0.05) is 36.4 Å². The molecule has 2 unspecified atom stereocenters. The molecule has 8 heteroatoms. The number of nitrogens with zero attached hydrogens (tertiary/aromatic N) is 2. The average molecular weight is 409 g/mol. The van der Waals surface area contributed by atoms with Gasteiger partial charge in [0.25, 0.3) is 6.71 Å². The van der Waals surface area contributed by atoms with Crippen LogP contribution in [-0.2, 0) is 6.42 Å². The number of nitriles is 1. The number of alkyl halides is 1. The first-order chi connectivity index (χ1) is 14.4. The minimum atomic E-state index is -1.74. The van der Waals surface area contributed by atoms with Crippen LogP contribution in [0.4, 0.5) is 13.6 Å². The van der Waals surface area contributed by atoms with Gasteiger partial charge in [-0.15, -0.1) is 0 Å². The molecule has 5 nitrogen and oxygen atoms in total. The monoisotopic (exact) mass is 409 g/mol. The van der Waals surface area contributed by atoms with Crippen LogP contribution < -0.4 is 5.32 Å². The molecule has 2 aliphatic heterocycles. The Balaban J connectivity index is 1.57. The zero-order valence-corrected chi connectivity index (χ0v) is 16.4. The summed E-state index contributed by atoms with van der Waals surface area (Å²) in [6, 6.07) is 13.0. The maximum Gasteiger partial charge on any atom is 0.318 e. The zero-order valence-electron chi connectivity index (χ0n) is 16.4. The minimum absolute atomic E-state index is 0.00479. The van der Waals surface area contributed by atoms with Crippen molar-refractivity contribution in [3.63, 3.8) is 0 Å². The summed E-state index contributed by atoms with van der Waals surface area (Å²) in [6.45, 7) is -0.390. The second-order valence-corrected chi connectivity index (χ2v) is 8.09. The Bertz CT molecular complexity index is 981. The average Bonchev–Trinajstić information content (AvgIpc) is 3.06. The second kappa shape index (κ2) is 8.08. The zero-order chi connectivity index (χ0) is 21.3. The molecule has 0 bridgehead atoms. The van der Waals surface area contributed by atoms with Crippen molar-refractivity contribution in [2.24, 2.45) is 0 Å². The van der Waals surface area contributed by atoms with Gasteiger partial charge in [-0.2, -0.15) is 0 Å². The highest BCUT2D eigenvalue weighted by molar-refractivity contribution is 6.68. The third kappa shape index (κ3) is 3.78. The Morgan fingerprint density at radius 2 is 2.03 bits per heavy atom. The second-order valence-electron chi connectivity index (χ2n) is 8.09. The summed E-state index contributed by atoms with van der Waals surface area (Å²) in [7, 11) is 0. The van der Waals surface area contributed by atoms with Gasteiger partial charge in [0.05, 0.1) is 12.6 Å². The van der Waals surface area contributed by atoms with Crippen LogP contribution in [0.25, 0.3) is 0 Å². The molecule has 0 aliphatic carbocycles. The molecule has 2 aliphatic rings. The fourth-order valence-electron chi connectivity index (χ4n) is 4.51. The Kier molecular flexibility index (Phi) is 5.48. The molecule has 154 valence electrons. The molecule has 0 spiro atoms. The molecule has 2 N–H and O–H groups in total. The van der Waals surface area contributed by atoms with Crippen molar-refractivity contribution in [2.75, 3.05) is 13.1 Å². The smallest absolute Gasteiger partial charge is 0.318 e. The summed E-state index contributed by atoms with van der Waals surface area (Å²) < 4.78 is 27.7. The molecule has 30 heavy (non-hydrogen) atoms. The summed E-state index contributed by atoms with van der Waals surface area (Å²) in [4.78, 5) is 14.7. The quantitative estimate of drug-likeness (QED) is 0.765. The van der Waals surface area contributed by atoms with E-state index < -0.39 is 30.6 Å². The van der Waals surface area contributed by atoms with Crippen LogP contribution in [-0.4, -0.2) is 47.6 Å². The largest absolute Gasteiger partial charge is 0.386 e. The first-order valence-corrected chi connectivity index (χ1v) is 10.0. The molecule has 0 aromatic heterocycles. The first kappa shape index (κ1) is 20.4. The predicted octanol–water partition coefficient (Wildman–Crippen LogP) is 3.12. The van der Waals surface area contributed by atoms with E-state index in [2.05, 4.69) is 5.32 Å². The van der Waals surface area contributed by atoms with E-state index in [-0.39, 0.29) is 25.0 Å². The number of nitrogens with one attached hydrogen (secondary N) is 1. The van der Waals surface area contributed by atoms with E-state index >= 15 is 0 Å². The fourth-order valence-corrected chi connectivity index (χ4v) is 4.51. The van der Waals surface area contributed by atoms with Gasteiger partial charge in [0.1, 0.15) is 17.6 Å². The molecule has 4 rings (SSSR count). The lowest BCUT2D eigenvalue weighted by Gasteiger charge is -2.38. The standard InChI is InChI=1S/C22H22BF2N3O2/c24-17-7-5-16(6-8-17)20-18-4-2-1-3-15(18)9-10-28(20)21(29)27-13-22(30)12-23(14-26)11-19(22)25/h1-8,19-20,30H,9-13H2,(H,27,29)/t19?,20-,22?/m0/s1. The van der Waals surface area contributed by atoms with Gasteiger partial charge in [0, 0.05) is 12.5 Å². The molecule has 0 radical (unpaired) electrons. The molecule has 1 saturated heterocycles. The maximum atomic E-state index is 14.3. The van der Waals surface area contributed by atoms with Crippen LogP contribution in [0.5, 0.6) is 0 Å². The lowest BCUT2D eigenvalue weighted by Crippen LogP contribution is -2.52. The topological polar surface area (TPSA) is 76.4 Å². The minimum Gasteiger partial charge on any atom is -0.386 e. The number of hydrogen-bond acceptors (Lipinski definition) is 3. The number of aliphatic hydroxyl groups is 1. The molecule has 2 aromatic rings. The predicted molar refractivity (Wildman–Crippen MR) is 109 cm³/mol. The Morgan fingerprint density at radius 3 is 2.73 bits per heavy atom. The van der Waals surface area contributed by atoms with Crippen molar-refractivity contribution in [1.82, 2.24) is 10.2 Å². The summed E-state index contributed by atoms with van der Waals surface area (Å²) in [6.07, 6.45) is -0.932. The third-order valence-corrected chi connectivity index (χ3v) is 6.13. The van der Waals surface area contributed by atoms with Gasteiger partial charge < -0.3 is 15.3 Å². The van der Waals surface area contributed by atoms with Crippen LogP contribution in [0.2, 0.25) is 12.6 Å². The number of amides is 2. The summed E-state index contributed by atoms with van der Waals surface area (Å²) >= 11 is 0. The fraction of sp³-hybridized carbons (Fsp3) is 0.364. The SMILES string of the molecule is N#CB1CC(F)C(O)(CNC(=O)N2CCc3ccccc3[C@@H]2c2ccc(F)cc2)C1. The van der Waals surface area contributed by atoms with Crippen molar-refractivity contribution in [2.45, 2.75) is 36.9 Å². The van der Waals surface area contributed by atoms with E-state index in [4.69, 9.17) is 5.26 Å². The summed E-state index contributed by atoms with van der Waals surface area (Å²) in [5, 5.41) is 22.3. The van der Waals surface area contributed by atoms with E-state index in [1.165, 1.54) is 12.1 Å². The van der Waals surface area contributed by atoms with Gasteiger partial charge in [-0.3, -0.25) is 0 Å². The molecular weight excluding hydrogens is 387 g/mol. The molecule has 1 fully saturated rings. The molecular formula is C22H22BF2N3O2. The highest BCUT2D eigenvalue weighted by Gasteiger charge is 2.49. The van der Waals surface area contributed by atoms with E-state index in [0.717, 1.165) is 16.7 Å². The van der Waals surface area contributed by atoms with E-state index in [1.54, 1.807) is 17.0 Å². The van der Waals surface area contributed by atoms with E-state index in [1.807, 2.05) is 30.2 Å². The Hall–Kier alpha value is -2.92. The Labute approximate surface area is 174 Å². The maximum absolute atomic E-state index is 14.3.